The molecule has 12 heavy (non-hydrogen) atoms. The van der Waals surface area contributed by atoms with E-state index >= 15 is 0 Å². The lowest BCUT2D eigenvalue weighted by Crippen LogP contribution is -2.47. The van der Waals surface area contributed by atoms with Crippen LogP contribution in [0.5, 0.6) is 0 Å². The maximum atomic E-state index is 5.00. The van der Waals surface area contributed by atoms with Gasteiger partial charge in [0.1, 0.15) is 0 Å². The summed E-state index contributed by atoms with van der Waals surface area (Å²) in [6.07, 6.45) is 5.30. The molecule has 4 heteroatoms. The monoisotopic (exact) mass is 168 g/mol. The number of hydrogen-bond acceptors (Lipinski definition) is 3. The van der Waals surface area contributed by atoms with Crippen molar-refractivity contribution in [2.24, 2.45) is 0 Å². The van der Waals surface area contributed by atoms with Crippen LogP contribution in [0.15, 0.2) is 0 Å². The van der Waals surface area contributed by atoms with E-state index in [9.17, 15) is 0 Å². The molecule has 2 heterocycles. The fourth-order valence-electron chi connectivity index (χ4n) is 2.43. The molecule has 2 bridgehead atoms. The Balaban J connectivity index is 1.78. The van der Waals surface area contributed by atoms with Gasteiger partial charge in [-0.05, 0) is 25.7 Å². The van der Waals surface area contributed by atoms with Crippen molar-refractivity contribution in [1.29, 1.82) is 0 Å². The van der Waals surface area contributed by atoms with Gasteiger partial charge in [0.2, 0.25) is 0 Å². The van der Waals surface area contributed by atoms with Gasteiger partial charge in [0.05, 0.1) is 0 Å². The fraction of sp³-hybridized carbons (Fsp3) is 1.00. The first kappa shape index (κ1) is 8.54. The molecule has 2 atom stereocenters. The molecule has 2 N–H and O–H groups in total. The first-order chi connectivity index (χ1) is 5.88. The minimum atomic E-state index is 0.684. The molecule has 2 fully saturated rings. The summed E-state index contributed by atoms with van der Waals surface area (Å²) < 4.78 is 5.00. The van der Waals surface area contributed by atoms with Crippen molar-refractivity contribution in [2.45, 2.75) is 43.8 Å². The predicted molar refractivity (Wildman–Crippen MR) is 50.3 cm³/mol. The van der Waals surface area contributed by atoms with Crippen LogP contribution in [0.4, 0.5) is 0 Å². The maximum Gasteiger partial charge on any atom is 0.360 e. The standard InChI is InChI=1S/C8H17BN2O/c1-12-9-11-8-4-6-2-3-7(5-8)10-6/h6-11H,2-5H2,1H3. The maximum absolute atomic E-state index is 5.00. The molecular weight excluding hydrogens is 151 g/mol. The van der Waals surface area contributed by atoms with Crippen LogP contribution in [0.2, 0.25) is 0 Å². The molecular formula is C8H17BN2O. The second-order valence-corrected chi connectivity index (χ2v) is 3.94. The number of fused-ring (bicyclic) bond motifs is 2. The Morgan fingerprint density at radius 2 is 2.00 bits per heavy atom. The number of hydrogen-bond donors (Lipinski definition) is 2. The van der Waals surface area contributed by atoms with E-state index in [2.05, 4.69) is 10.5 Å². The summed E-state index contributed by atoms with van der Waals surface area (Å²) in [7, 11) is 2.44. The van der Waals surface area contributed by atoms with Gasteiger partial charge in [-0.15, -0.1) is 0 Å². The molecule has 2 rings (SSSR count). The lowest BCUT2D eigenvalue weighted by Gasteiger charge is -2.29. The average Bonchev–Trinajstić information content (AvgIpc) is 2.42. The Hall–Kier alpha value is -0.0551. The van der Waals surface area contributed by atoms with Crippen LogP contribution >= 0.6 is 0 Å². The van der Waals surface area contributed by atoms with Gasteiger partial charge < -0.3 is 15.2 Å². The molecule has 0 saturated carbocycles. The molecule has 0 aliphatic carbocycles. The molecule has 2 aliphatic rings. The van der Waals surface area contributed by atoms with Crippen LogP contribution in [0.1, 0.15) is 25.7 Å². The highest BCUT2D eigenvalue weighted by atomic mass is 16.4. The van der Waals surface area contributed by atoms with Crippen LogP contribution in [0.3, 0.4) is 0 Å². The zero-order chi connectivity index (χ0) is 8.39. The summed E-state index contributed by atoms with van der Waals surface area (Å²) in [4.78, 5) is 0. The number of nitrogens with one attached hydrogen (secondary N) is 2. The lowest BCUT2D eigenvalue weighted by atomic mass is 9.97. The molecule has 0 spiro atoms. The molecule has 0 aromatic carbocycles. The van der Waals surface area contributed by atoms with Gasteiger partial charge in [0.15, 0.2) is 0 Å². The van der Waals surface area contributed by atoms with E-state index in [0.29, 0.717) is 13.7 Å². The Morgan fingerprint density at radius 3 is 2.58 bits per heavy atom. The van der Waals surface area contributed by atoms with Gasteiger partial charge in [-0.25, -0.2) is 0 Å². The van der Waals surface area contributed by atoms with E-state index in [-0.39, 0.29) is 0 Å². The third-order valence-electron chi connectivity index (χ3n) is 2.99. The smallest absolute Gasteiger partial charge is 0.360 e. The summed E-state index contributed by atoms with van der Waals surface area (Å²) in [5, 5.41) is 7.03. The molecule has 68 valence electrons. The quantitative estimate of drug-likeness (QED) is 0.571. The Labute approximate surface area is 74.5 Å². The van der Waals surface area contributed by atoms with Crippen molar-refractivity contribution in [2.75, 3.05) is 7.11 Å². The van der Waals surface area contributed by atoms with E-state index < -0.39 is 0 Å². The lowest BCUT2D eigenvalue weighted by molar-refractivity contribution is 0.332. The largest absolute Gasteiger partial charge is 0.427 e. The van der Waals surface area contributed by atoms with Crippen molar-refractivity contribution in [3.05, 3.63) is 0 Å². The fourth-order valence-corrected chi connectivity index (χ4v) is 2.43. The van der Waals surface area contributed by atoms with Gasteiger partial charge in [-0.2, -0.15) is 0 Å². The van der Waals surface area contributed by atoms with Crippen molar-refractivity contribution >= 4 is 7.62 Å². The van der Waals surface area contributed by atoms with Gasteiger partial charge in [0, 0.05) is 25.2 Å². The van der Waals surface area contributed by atoms with Crippen LogP contribution in [0, 0.1) is 0 Å². The third-order valence-corrected chi connectivity index (χ3v) is 2.99. The van der Waals surface area contributed by atoms with Crippen LogP contribution in [-0.2, 0) is 4.65 Å². The molecule has 0 aromatic heterocycles. The van der Waals surface area contributed by atoms with Gasteiger partial charge >= 0.3 is 7.62 Å². The first-order valence-corrected chi connectivity index (χ1v) is 4.87. The van der Waals surface area contributed by atoms with E-state index in [4.69, 9.17) is 4.65 Å². The second-order valence-electron chi connectivity index (χ2n) is 3.94. The highest BCUT2D eigenvalue weighted by Gasteiger charge is 2.32. The topological polar surface area (TPSA) is 33.3 Å². The van der Waals surface area contributed by atoms with E-state index in [0.717, 1.165) is 12.1 Å². The van der Waals surface area contributed by atoms with E-state index in [1.165, 1.54) is 25.7 Å². The normalized spacial score (nSPS) is 39.9. The van der Waals surface area contributed by atoms with Crippen molar-refractivity contribution in [3.63, 3.8) is 0 Å². The summed E-state index contributed by atoms with van der Waals surface area (Å²) in [5.74, 6) is 0. The number of piperidine rings is 1. The molecule has 2 saturated heterocycles. The van der Waals surface area contributed by atoms with Crippen LogP contribution in [0.25, 0.3) is 0 Å². The highest BCUT2D eigenvalue weighted by Crippen LogP contribution is 2.26. The Morgan fingerprint density at radius 1 is 1.33 bits per heavy atom. The predicted octanol–water partition coefficient (Wildman–Crippen LogP) is -0.228. The second kappa shape index (κ2) is 3.77. The summed E-state index contributed by atoms with van der Waals surface area (Å²) >= 11 is 0. The van der Waals surface area contributed by atoms with Crippen LogP contribution < -0.4 is 10.5 Å². The zero-order valence-electron chi connectivity index (χ0n) is 7.68. The van der Waals surface area contributed by atoms with Crippen LogP contribution in [-0.4, -0.2) is 32.9 Å². The highest BCUT2D eigenvalue weighted by molar-refractivity contribution is 6.23. The molecule has 3 nitrogen and oxygen atoms in total. The minimum Gasteiger partial charge on any atom is -0.427 e. The molecule has 2 aliphatic heterocycles. The van der Waals surface area contributed by atoms with Gasteiger partial charge in [0.25, 0.3) is 0 Å². The van der Waals surface area contributed by atoms with Gasteiger partial charge in [-0.3, -0.25) is 0 Å². The van der Waals surface area contributed by atoms with E-state index in [1.807, 2.05) is 0 Å². The molecule has 0 amide bonds. The summed E-state index contributed by atoms with van der Waals surface area (Å²) in [5.41, 5.74) is 0. The van der Waals surface area contributed by atoms with Crippen molar-refractivity contribution in [1.82, 2.24) is 10.5 Å². The Bertz CT molecular complexity index is 144. The average molecular weight is 168 g/mol. The van der Waals surface area contributed by atoms with Gasteiger partial charge in [-0.1, -0.05) is 0 Å². The number of rotatable bonds is 3. The molecule has 0 aromatic rings. The Kier molecular flexibility index (Phi) is 2.68. The third kappa shape index (κ3) is 1.81. The molecule has 0 radical (unpaired) electrons. The minimum absolute atomic E-state index is 0.684. The first-order valence-electron chi connectivity index (χ1n) is 4.87. The summed E-state index contributed by atoms with van der Waals surface area (Å²) in [6, 6.07) is 2.24. The van der Waals surface area contributed by atoms with Crippen molar-refractivity contribution < 1.29 is 4.65 Å². The summed E-state index contributed by atoms with van der Waals surface area (Å²) in [6.45, 7) is 0. The van der Waals surface area contributed by atoms with Crippen molar-refractivity contribution in [3.8, 4) is 0 Å². The van der Waals surface area contributed by atoms with E-state index in [1.54, 1.807) is 7.11 Å². The molecule has 2 unspecified atom stereocenters. The SMILES string of the molecule is COBNC1CC2CCC(C1)N2. The zero-order valence-corrected chi connectivity index (χ0v) is 7.68.